The van der Waals surface area contributed by atoms with Crippen molar-refractivity contribution in [3.63, 3.8) is 0 Å². The van der Waals surface area contributed by atoms with E-state index >= 15 is 0 Å². The molecule has 2 N–H and O–H groups in total. The van der Waals surface area contributed by atoms with Gasteiger partial charge in [-0.2, -0.15) is 0 Å². The average Bonchev–Trinajstić information content (AvgIpc) is 2.49. The van der Waals surface area contributed by atoms with Crippen LogP contribution in [0.3, 0.4) is 0 Å². The first-order chi connectivity index (χ1) is 10.1. The molecule has 112 valence electrons. The van der Waals surface area contributed by atoms with Gasteiger partial charge in [-0.05, 0) is 25.1 Å². The fourth-order valence-electron chi connectivity index (χ4n) is 2.44. The molecule has 0 aliphatic heterocycles. The Kier molecular flexibility index (Phi) is 4.85. The van der Waals surface area contributed by atoms with Crippen LogP contribution in [0.5, 0.6) is 0 Å². The Hall–Kier alpha value is -2.01. The van der Waals surface area contributed by atoms with Crippen LogP contribution in [0.2, 0.25) is 0 Å². The molecule has 0 amide bonds. The highest BCUT2D eigenvalue weighted by Gasteiger charge is 2.24. The minimum absolute atomic E-state index is 0.0442. The summed E-state index contributed by atoms with van der Waals surface area (Å²) in [6, 6.07) is 9.49. The Labute approximate surface area is 122 Å². The largest absolute Gasteiger partial charge is 0.361 e. The first-order valence-corrected chi connectivity index (χ1v) is 6.75. The molecule has 0 spiro atoms. The van der Waals surface area contributed by atoms with Crippen molar-refractivity contribution in [1.82, 2.24) is 0 Å². The minimum atomic E-state index is -0.942. The van der Waals surface area contributed by atoms with Crippen molar-refractivity contribution in [2.75, 3.05) is 18.0 Å². The first-order valence-electron chi connectivity index (χ1n) is 6.75. The van der Waals surface area contributed by atoms with Gasteiger partial charge in [0.2, 0.25) is 0 Å². The summed E-state index contributed by atoms with van der Waals surface area (Å²) in [7, 11) is 0. The number of benzene rings is 2. The zero-order valence-corrected chi connectivity index (χ0v) is 11.7. The highest BCUT2D eigenvalue weighted by molar-refractivity contribution is 5.50. The summed E-state index contributed by atoms with van der Waals surface area (Å²) >= 11 is 0. The molecule has 0 saturated carbocycles. The molecule has 0 bridgehead atoms. The number of hydrogen-bond acceptors (Lipinski definition) is 2. The molecule has 0 aromatic heterocycles. The maximum atomic E-state index is 14.0. The molecule has 21 heavy (non-hydrogen) atoms. The van der Waals surface area contributed by atoms with E-state index in [1.807, 2.05) is 6.92 Å². The second-order valence-corrected chi connectivity index (χ2v) is 4.63. The standard InChI is InChI=1S/C16H17F3N2/c1-2-21(14-9-4-3-7-12(14)17)15(10-20)11-6-5-8-13(18)16(11)19/h3-9,15H,2,10,20H2,1H3. The van der Waals surface area contributed by atoms with E-state index in [-0.39, 0.29) is 12.1 Å². The molecule has 0 heterocycles. The van der Waals surface area contributed by atoms with Crippen molar-refractivity contribution in [3.8, 4) is 0 Å². The third-order valence-corrected chi connectivity index (χ3v) is 3.44. The van der Waals surface area contributed by atoms with Gasteiger partial charge >= 0.3 is 0 Å². The average molecular weight is 294 g/mol. The number of anilines is 1. The number of nitrogens with zero attached hydrogens (tertiary/aromatic N) is 1. The fraction of sp³-hybridized carbons (Fsp3) is 0.250. The van der Waals surface area contributed by atoms with Gasteiger partial charge in [0.15, 0.2) is 11.6 Å². The zero-order chi connectivity index (χ0) is 15.4. The van der Waals surface area contributed by atoms with Crippen LogP contribution in [0.25, 0.3) is 0 Å². The second-order valence-electron chi connectivity index (χ2n) is 4.63. The molecule has 0 radical (unpaired) electrons. The van der Waals surface area contributed by atoms with Gasteiger partial charge in [0, 0.05) is 18.7 Å². The van der Waals surface area contributed by atoms with Crippen molar-refractivity contribution in [1.29, 1.82) is 0 Å². The van der Waals surface area contributed by atoms with Crippen LogP contribution in [0.15, 0.2) is 42.5 Å². The van der Waals surface area contributed by atoms with Gasteiger partial charge in [0.25, 0.3) is 0 Å². The lowest BCUT2D eigenvalue weighted by atomic mass is 10.0. The molecular weight excluding hydrogens is 277 g/mol. The maximum Gasteiger partial charge on any atom is 0.164 e. The summed E-state index contributed by atoms with van der Waals surface area (Å²) in [5.74, 6) is -2.30. The van der Waals surface area contributed by atoms with Gasteiger partial charge in [-0.25, -0.2) is 13.2 Å². The number of hydrogen-bond donors (Lipinski definition) is 1. The molecule has 0 fully saturated rings. The number of halogens is 3. The van der Waals surface area contributed by atoms with E-state index in [2.05, 4.69) is 0 Å². The predicted molar refractivity (Wildman–Crippen MR) is 77.6 cm³/mol. The Morgan fingerprint density at radius 1 is 1.00 bits per heavy atom. The van der Waals surface area contributed by atoms with Gasteiger partial charge in [0.1, 0.15) is 5.82 Å². The van der Waals surface area contributed by atoms with Crippen molar-refractivity contribution < 1.29 is 13.2 Å². The van der Waals surface area contributed by atoms with Crippen LogP contribution in [0.1, 0.15) is 18.5 Å². The van der Waals surface area contributed by atoms with Crippen LogP contribution >= 0.6 is 0 Å². The number of rotatable bonds is 5. The Bertz CT molecular complexity index is 616. The highest BCUT2D eigenvalue weighted by atomic mass is 19.2. The lowest BCUT2D eigenvalue weighted by Gasteiger charge is -2.32. The van der Waals surface area contributed by atoms with E-state index in [4.69, 9.17) is 5.73 Å². The van der Waals surface area contributed by atoms with Gasteiger partial charge < -0.3 is 10.6 Å². The van der Waals surface area contributed by atoms with Crippen LogP contribution in [0, 0.1) is 17.5 Å². The number of nitrogens with two attached hydrogens (primary N) is 1. The van der Waals surface area contributed by atoms with E-state index in [9.17, 15) is 13.2 Å². The topological polar surface area (TPSA) is 29.3 Å². The highest BCUT2D eigenvalue weighted by Crippen LogP contribution is 2.30. The van der Waals surface area contributed by atoms with Gasteiger partial charge in [-0.1, -0.05) is 24.3 Å². The van der Waals surface area contributed by atoms with Crippen LogP contribution < -0.4 is 10.6 Å². The molecule has 0 aliphatic carbocycles. The number of para-hydroxylation sites is 1. The molecule has 2 rings (SSSR count). The first kappa shape index (κ1) is 15.4. The molecule has 0 saturated heterocycles. The van der Waals surface area contributed by atoms with Crippen molar-refractivity contribution in [2.45, 2.75) is 13.0 Å². The Morgan fingerprint density at radius 2 is 1.67 bits per heavy atom. The smallest absolute Gasteiger partial charge is 0.164 e. The summed E-state index contributed by atoms with van der Waals surface area (Å²) in [5, 5.41) is 0. The molecule has 2 aromatic carbocycles. The molecule has 5 heteroatoms. The van der Waals surface area contributed by atoms with Crippen LogP contribution in [-0.4, -0.2) is 13.1 Å². The summed E-state index contributed by atoms with van der Waals surface area (Å²) < 4.78 is 41.4. The molecule has 2 aromatic rings. The lowest BCUT2D eigenvalue weighted by Crippen LogP contribution is -2.35. The van der Waals surface area contributed by atoms with Crippen molar-refractivity contribution in [3.05, 3.63) is 65.5 Å². The minimum Gasteiger partial charge on any atom is -0.361 e. The summed E-state index contributed by atoms with van der Waals surface area (Å²) in [5.41, 5.74) is 6.18. The third kappa shape index (κ3) is 3.03. The van der Waals surface area contributed by atoms with E-state index in [1.54, 1.807) is 23.1 Å². The van der Waals surface area contributed by atoms with Gasteiger partial charge in [0.05, 0.1) is 11.7 Å². The Balaban J connectivity index is 2.48. The normalized spacial score (nSPS) is 12.2. The van der Waals surface area contributed by atoms with Gasteiger partial charge in [-0.15, -0.1) is 0 Å². The quantitative estimate of drug-likeness (QED) is 0.912. The summed E-state index contributed by atoms with van der Waals surface area (Å²) in [4.78, 5) is 1.63. The summed E-state index contributed by atoms with van der Waals surface area (Å²) in [6.07, 6.45) is 0. The molecule has 0 aliphatic rings. The summed E-state index contributed by atoms with van der Waals surface area (Å²) in [6.45, 7) is 2.27. The third-order valence-electron chi connectivity index (χ3n) is 3.44. The van der Waals surface area contributed by atoms with Gasteiger partial charge in [-0.3, -0.25) is 0 Å². The number of likely N-dealkylation sites (N-methyl/N-ethyl adjacent to an activating group) is 1. The van der Waals surface area contributed by atoms with Crippen molar-refractivity contribution in [2.24, 2.45) is 5.73 Å². The molecule has 2 nitrogen and oxygen atoms in total. The molecule has 1 unspecified atom stereocenters. The lowest BCUT2D eigenvalue weighted by molar-refractivity contribution is 0.482. The van der Waals surface area contributed by atoms with E-state index < -0.39 is 23.5 Å². The SMILES string of the molecule is CCN(c1ccccc1F)C(CN)c1cccc(F)c1F. The maximum absolute atomic E-state index is 14.0. The zero-order valence-electron chi connectivity index (χ0n) is 11.7. The fourth-order valence-corrected chi connectivity index (χ4v) is 2.44. The van der Waals surface area contributed by atoms with Crippen LogP contribution in [0.4, 0.5) is 18.9 Å². The molecule has 1 atom stereocenters. The van der Waals surface area contributed by atoms with E-state index in [0.29, 0.717) is 12.2 Å². The molecular formula is C16H17F3N2. The van der Waals surface area contributed by atoms with Crippen molar-refractivity contribution >= 4 is 5.69 Å². The monoisotopic (exact) mass is 294 g/mol. The van der Waals surface area contributed by atoms with E-state index in [0.717, 1.165) is 6.07 Å². The second kappa shape index (κ2) is 6.63. The predicted octanol–water partition coefficient (Wildman–Crippen LogP) is 3.63. The van der Waals surface area contributed by atoms with E-state index in [1.165, 1.54) is 18.2 Å². The van der Waals surface area contributed by atoms with Crippen LogP contribution in [-0.2, 0) is 0 Å². The Morgan fingerprint density at radius 3 is 2.29 bits per heavy atom.